The fourth-order valence-corrected chi connectivity index (χ4v) is 2.56. The molecule has 0 saturated carbocycles. The van der Waals surface area contributed by atoms with Gasteiger partial charge in [-0.05, 0) is 5.92 Å². The zero-order valence-electron chi connectivity index (χ0n) is 9.59. The Hall–Kier alpha value is -1.30. The molecule has 1 aromatic heterocycles. The first-order chi connectivity index (χ1) is 8.15. The molecule has 0 bridgehead atoms. The average Bonchev–Trinajstić information content (AvgIpc) is 2.87. The summed E-state index contributed by atoms with van der Waals surface area (Å²) < 4.78 is 4.87. The molecule has 1 aromatic rings. The SMILES string of the molecule is CC(=O)SCC1CC(=O)N(Cc2cocn2)C1. The average molecular weight is 254 g/mol. The number of amides is 1. The largest absolute Gasteiger partial charge is 0.451 e. The molecular formula is C11H14N2O3S. The van der Waals surface area contributed by atoms with Gasteiger partial charge in [0.2, 0.25) is 5.91 Å². The van der Waals surface area contributed by atoms with Crippen LogP contribution in [0.15, 0.2) is 17.1 Å². The fraction of sp³-hybridized carbons (Fsp3) is 0.545. The number of likely N-dealkylation sites (tertiary alicyclic amines) is 1. The highest BCUT2D eigenvalue weighted by Gasteiger charge is 2.30. The number of thioether (sulfide) groups is 1. The summed E-state index contributed by atoms with van der Waals surface area (Å²) in [7, 11) is 0. The van der Waals surface area contributed by atoms with E-state index >= 15 is 0 Å². The summed E-state index contributed by atoms with van der Waals surface area (Å²) in [6.45, 7) is 2.75. The van der Waals surface area contributed by atoms with E-state index in [9.17, 15) is 9.59 Å². The van der Waals surface area contributed by atoms with Crippen molar-refractivity contribution in [1.29, 1.82) is 0 Å². The number of oxazole rings is 1. The second kappa shape index (κ2) is 5.35. The van der Waals surface area contributed by atoms with Gasteiger partial charge in [0.15, 0.2) is 11.5 Å². The van der Waals surface area contributed by atoms with Crippen molar-refractivity contribution >= 4 is 22.8 Å². The molecule has 6 heteroatoms. The molecule has 2 heterocycles. The van der Waals surface area contributed by atoms with Crippen molar-refractivity contribution in [1.82, 2.24) is 9.88 Å². The molecule has 2 rings (SSSR count). The summed E-state index contributed by atoms with van der Waals surface area (Å²) in [5.74, 6) is 1.11. The topological polar surface area (TPSA) is 63.4 Å². The highest BCUT2D eigenvalue weighted by Crippen LogP contribution is 2.23. The Bertz CT molecular complexity index is 405. The minimum Gasteiger partial charge on any atom is -0.451 e. The smallest absolute Gasteiger partial charge is 0.223 e. The minimum absolute atomic E-state index is 0.104. The van der Waals surface area contributed by atoms with Crippen LogP contribution in [0.2, 0.25) is 0 Å². The van der Waals surface area contributed by atoms with E-state index in [0.717, 1.165) is 11.4 Å². The van der Waals surface area contributed by atoms with Crippen molar-refractivity contribution in [3.63, 3.8) is 0 Å². The molecule has 0 spiro atoms. The van der Waals surface area contributed by atoms with Crippen LogP contribution in [0, 0.1) is 5.92 Å². The Morgan fingerprint density at radius 2 is 2.53 bits per heavy atom. The van der Waals surface area contributed by atoms with Gasteiger partial charge in [-0.2, -0.15) is 0 Å². The van der Waals surface area contributed by atoms with E-state index in [-0.39, 0.29) is 16.9 Å². The van der Waals surface area contributed by atoms with Gasteiger partial charge in [-0.1, -0.05) is 11.8 Å². The summed E-state index contributed by atoms with van der Waals surface area (Å²) >= 11 is 1.29. The van der Waals surface area contributed by atoms with Crippen molar-refractivity contribution in [3.8, 4) is 0 Å². The zero-order valence-corrected chi connectivity index (χ0v) is 10.4. The quantitative estimate of drug-likeness (QED) is 0.810. The van der Waals surface area contributed by atoms with E-state index in [2.05, 4.69) is 4.98 Å². The summed E-state index contributed by atoms with van der Waals surface area (Å²) in [6.07, 6.45) is 3.43. The lowest BCUT2D eigenvalue weighted by Gasteiger charge is -2.14. The predicted molar refractivity (Wildman–Crippen MR) is 63.2 cm³/mol. The highest BCUT2D eigenvalue weighted by molar-refractivity contribution is 8.13. The van der Waals surface area contributed by atoms with Crippen LogP contribution in [-0.4, -0.2) is 33.2 Å². The maximum atomic E-state index is 11.7. The van der Waals surface area contributed by atoms with Gasteiger partial charge in [0, 0.05) is 25.6 Å². The lowest BCUT2D eigenvalue weighted by molar-refractivity contribution is -0.128. The number of carbonyl (C=O) groups is 2. The van der Waals surface area contributed by atoms with E-state index in [4.69, 9.17) is 4.42 Å². The second-order valence-corrected chi connectivity index (χ2v) is 5.32. The Labute approximate surface area is 104 Å². The van der Waals surface area contributed by atoms with Gasteiger partial charge in [-0.15, -0.1) is 0 Å². The Morgan fingerprint density at radius 1 is 1.71 bits per heavy atom. The maximum Gasteiger partial charge on any atom is 0.223 e. The van der Waals surface area contributed by atoms with Crippen LogP contribution in [0.5, 0.6) is 0 Å². The van der Waals surface area contributed by atoms with Crippen molar-refractivity contribution in [3.05, 3.63) is 18.4 Å². The first-order valence-corrected chi connectivity index (χ1v) is 6.42. The number of nitrogens with zero attached hydrogens (tertiary/aromatic N) is 2. The van der Waals surface area contributed by atoms with E-state index in [0.29, 0.717) is 19.5 Å². The van der Waals surface area contributed by atoms with Crippen LogP contribution in [0.4, 0.5) is 0 Å². The van der Waals surface area contributed by atoms with E-state index in [1.165, 1.54) is 18.2 Å². The number of hydrogen-bond donors (Lipinski definition) is 0. The van der Waals surface area contributed by atoms with Crippen LogP contribution < -0.4 is 0 Å². The number of carbonyl (C=O) groups excluding carboxylic acids is 2. The lowest BCUT2D eigenvalue weighted by atomic mass is 10.1. The first kappa shape index (κ1) is 12.2. The van der Waals surface area contributed by atoms with Crippen molar-refractivity contribution in [2.75, 3.05) is 12.3 Å². The van der Waals surface area contributed by atoms with Gasteiger partial charge in [0.25, 0.3) is 0 Å². The zero-order chi connectivity index (χ0) is 12.3. The number of rotatable bonds is 4. The van der Waals surface area contributed by atoms with Crippen molar-refractivity contribution in [2.45, 2.75) is 19.9 Å². The second-order valence-electron chi connectivity index (χ2n) is 4.13. The molecule has 0 aliphatic carbocycles. The molecule has 92 valence electrons. The molecule has 0 aromatic carbocycles. The molecule has 1 atom stereocenters. The first-order valence-electron chi connectivity index (χ1n) is 5.43. The molecule has 1 saturated heterocycles. The van der Waals surface area contributed by atoms with Gasteiger partial charge in [0.05, 0.1) is 12.2 Å². The molecule has 1 unspecified atom stereocenters. The van der Waals surface area contributed by atoms with Gasteiger partial charge < -0.3 is 9.32 Å². The Kier molecular flexibility index (Phi) is 3.83. The van der Waals surface area contributed by atoms with Gasteiger partial charge >= 0.3 is 0 Å². The van der Waals surface area contributed by atoms with E-state index in [1.807, 2.05) is 0 Å². The van der Waals surface area contributed by atoms with Crippen LogP contribution in [-0.2, 0) is 16.1 Å². The molecular weight excluding hydrogens is 240 g/mol. The van der Waals surface area contributed by atoms with E-state index < -0.39 is 0 Å². The molecule has 1 aliphatic rings. The minimum atomic E-state index is 0.104. The maximum absolute atomic E-state index is 11.7. The third-order valence-corrected chi connectivity index (χ3v) is 3.70. The lowest BCUT2D eigenvalue weighted by Crippen LogP contribution is -2.25. The molecule has 0 N–H and O–H groups in total. The summed E-state index contributed by atoms with van der Waals surface area (Å²) in [5.41, 5.74) is 0.762. The monoisotopic (exact) mass is 254 g/mol. The summed E-state index contributed by atoms with van der Waals surface area (Å²) in [5, 5.41) is 0.104. The summed E-state index contributed by atoms with van der Waals surface area (Å²) in [4.78, 5) is 28.4. The van der Waals surface area contributed by atoms with Gasteiger partial charge in [-0.3, -0.25) is 9.59 Å². The number of aromatic nitrogens is 1. The molecule has 1 aliphatic heterocycles. The molecule has 5 nitrogen and oxygen atoms in total. The molecule has 17 heavy (non-hydrogen) atoms. The van der Waals surface area contributed by atoms with E-state index in [1.54, 1.807) is 18.1 Å². The van der Waals surface area contributed by atoms with Gasteiger partial charge in [0.1, 0.15) is 6.26 Å². The molecule has 0 radical (unpaired) electrons. The van der Waals surface area contributed by atoms with Crippen LogP contribution in [0.3, 0.4) is 0 Å². The van der Waals surface area contributed by atoms with Crippen molar-refractivity contribution < 1.29 is 14.0 Å². The van der Waals surface area contributed by atoms with Crippen molar-refractivity contribution in [2.24, 2.45) is 5.92 Å². The Balaban J connectivity index is 1.85. The standard InChI is InChI=1S/C11H14N2O3S/c1-8(14)17-6-9-2-11(15)13(3-9)4-10-5-16-7-12-10/h5,7,9H,2-4,6H2,1H3. The third-order valence-electron chi connectivity index (χ3n) is 2.65. The number of hydrogen-bond acceptors (Lipinski definition) is 5. The fourth-order valence-electron chi connectivity index (χ4n) is 1.86. The van der Waals surface area contributed by atoms with Gasteiger partial charge in [-0.25, -0.2) is 4.98 Å². The normalized spacial score (nSPS) is 19.9. The van der Waals surface area contributed by atoms with Crippen LogP contribution >= 0.6 is 11.8 Å². The highest BCUT2D eigenvalue weighted by atomic mass is 32.2. The third kappa shape index (κ3) is 3.33. The molecule has 1 amide bonds. The van der Waals surface area contributed by atoms with Crippen LogP contribution in [0.25, 0.3) is 0 Å². The summed E-state index contributed by atoms with van der Waals surface area (Å²) in [6, 6.07) is 0. The predicted octanol–water partition coefficient (Wildman–Crippen LogP) is 1.30. The van der Waals surface area contributed by atoms with Crippen LogP contribution in [0.1, 0.15) is 19.0 Å². The molecule has 1 fully saturated rings. The Morgan fingerprint density at radius 3 is 3.18 bits per heavy atom.